The van der Waals surface area contributed by atoms with Crippen molar-refractivity contribution in [3.8, 4) is 22.6 Å². The molecule has 180 valence electrons. The van der Waals surface area contributed by atoms with E-state index in [4.69, 9.17) is 14.2 Å². The smallest absolute Gasteiger partial charge is 0.330 e. The zero-order valence-corrected chi connectivity index (χ0v) is 21.4. The SMILES string of the molecule is C=CC(=O)OC(C)(C)CC(C)(C)Oc1cccc(-c2ccc3cc(OC(C)(C)C)ccc3c2)c1. The van der Waals surface area contributed by atoms with Gasteiger partial charge in [-0.3, -0.25) is 0 Å². The third-order valence-electron chi connectivity index (χ3n) is 5.19. The molecule has 0 saturated carbocycles. The van der Waals surface area contributed by atoms with Crippen LogP contribution in [0.5, 0.6) is 11.5 Å². The van der Waals surface area contributed by atoms with Gasteiger partial charge in [0, 0.05) is 12.5 Å². The minimum Gasteiger partial charge on any atom is -0.488 e. The van der Waals surface area contributed by atoms with Crippen LogP contribution in [0, 0.1) is 0 Å². The fraction of sp³-hybridized carbons (Fsp3) is 0.367. The predicted octanol–water partition coefficient (Wildman–Crippen LogP) is 7.74. The number of esters is 1. The second-order valence-corrected chi connectivity index (χ2v) is 10.9. The quantitative estimate of drug-likeness (QED) is 0.255. The maximum absolute atomic E-state index is 11.7. The summed E-state index contributed by atoms with van der Waals surface area (Å²) < 4.78 is 17.8. The van der Waals surface area contributed by atoms with Crippen molar-refractivity contribution in [3.63, 3.8) is 0 Å². The van der Waals surface area contributed by atoms with Crippen molar-refractivity contribution in [2.75, 3.05) is 0 Å². The monoisotopic (exact) mass is 460 g/mol. The lowest BCUT2D eigenvalue weighted by molar-refractivity contribution is -0.154. The minimum absolute atomic E-state index is 0.232. The summed E-state index contributed by atoms with van der Waals surface area (Å²) in [6.45, 7) is 17.4. The molecule has 4 nitrogen and oxygen atoms in total. The second-order valence-electron chi connectivity index (χ2n) is 10.9. The standard InChI is InChI=1S/C30H36O4/c1-9-27(31)34-30(7,8)20-29(5,6)33-25-12-10-11-21(18-25)22-13-14-24-19-26(32-28(2,3)4)16-15-23(24)17-22/h9-19H,1,20H2,2-8H3. The molecule has 4 heteroatoms. The third kappa shape index (κ3) is 7.11. The minimum atomic E-state index is -0.680. The summed E-state index contributed by atoms with van der Waals surface area (Å²) in [6, 6.07) is 20.7. The van der Waals surface area contributed by atoms with Crippen LogP contribution in [-0.2, 0) is 9.53 Å². The Morgan fingerprint density at radius 2 is 1.38 bits per heavy atom. The van der Waals surface area contributed by atoms with E-state index in [0.717, 1.165) is 33.4 Å². The molecule has 34 heavy (non-hydrogen) atoms. The molecule has 0 unspecified atom stereocenters. The van der Waals surface area contributed by atoms with Gasteiger partial charge >= 0.3 is 5.97 Å². The van der Waals surface area contributed by atoms with E-state index < -0.39 is 17.2 Å². The summed E-state index contributed by atoms with van der Waals surface area (Å²) in [5.41, 5.74) is 0.726. The van der Waals surface area contributed by atoms with Gasteiger partial charge in [-0.2, -0.15) is 0 Å². The van der Waals surface area contributed by atoms with E-state index in [-0.39, 0.29) is 5.60 Å². The van der Waals surface area contributed by atoms with Crippen LogP contribution in [0.4, 0.5) is 0 Å². The Morgan fingerprint density at radius 1 is 0.765 bits per heavy atom. The van der Waals surface area contributed by atoms with Gasteiger partial charge in [0.1, 0.15) is 28.3 Å². The summed E-state index contributed by atoms with van der Waals surface area (Å²) in [7, 11) is 0. The first-order valence-corrected chi connectivity index (χ1v) is 11.6. The molecule has 3 rings (SSSR count). The van der Waals surface area contributed by atoms with E-state index in [0.29, 0.717) is 6.42 Å². The van der Waals surface area contributed by atoms with Crippen LogP contribution >= 0.6 is 0 Å². The summed E-state index contributed by atoms with van der Waals surface area (Å²) in [5.74, 6) is 1.20. The Kier molecular flexibility index (Phi) is 7.11. The lowest BCUT2D eigenvalue weighted by Crippen LogP contribution is -2.40. The Bertz CT molecular complexity index is 1180. The van der Waals surface area contributed by atoms with Crippen molar-refractivity contribution in [2.45, 2.75) is 71.7 Å². The van der Waals surface area contributed by atoms with Gasteiger partial charge in [-0.25, -0.2) is 4.79 Å². The van der Waals surface area contributed by atoms with Crippen LogP contribution in [-0.4, -0.2) is 22.8 Å². The zero-order valence-electron chi connectivity index (χ0n) is 21.4. The van der Waals surface area contributed by atoms with Crippen molar-refractivity contribution >= 4 is 16.7 Å². The number of benzene rings is 3. The van der Waals surface area contributed by atoms with E-state index in [1.807, 2.05) is 72.7 Å². The number of carbonyl (C=O) groups excluding carboxylic acids is 1. The number of hydrogen-bond acceptors (Lipinski definition) is 4. The Morgan fingerprint density at radius 3 is 2.06 bits per heavy atom. The molecular formula is C30H36O4. The molecule has 0 atom stereocenters. The molecule has 0 aliphatic heterocycles. The normalized spacial score (nSPS) is 12.3. The van der Waals surface area contributed by atoms with Gasteiger partial charge in [0.2, 0.25) is 0 Å². The highest BCUT2D eigenvalue weighted by molar-refractivity contribution is 5.88. The highest BCUT2D eigenvalue weighted by Crippen LogP contribution is 2.33. The van der Waals surface area contributed by atoms with Gasteiger partial charge < -0.3 is 14.2 Å². The lowest BCUT2D eigenvalue weighted by Gasteiger charge is -2.34. The molecule has 3 aromatic rings. The van der Waals surface area contributed by atoms with Gasteiger partial charge in [0.05, 0.1) is 0 Å². The summed E-state index contributed by atoms with van der Waals surface area (Å²) in [5, 5.41) is 2.28. The summed E-state index contributed by atoms with van der Waals surface area (Å²) >= 11 is 0. The first kappa shape index (κ1) is 25.4. The maximum atomic E-state index is 11.7. The largest absolute Gasteiger partial charge is 0.488 e. The number of rotatable bonds is 8. The van der Waals surface area contributed by atoms with Gasteiger partial charge in [0.15, 0.2) is 0 Å². The van der Waals surface area contributed by atoms with Crippen molar-refractivity contribution in [1.82, 2.24) is 0 Å². The molecule has 0 saturated heterocycles. The van der Waals surface area contributed by atoms with E-state index in [1.54, 1.807) is 0 Å². The maximum Gasteiger partial charge on any atom is 0.330 e. The molecule has 0 amide bonds. The molecule has 0 spiro atoms. The van der Waals surface area contributed by atoms with Crippen LogP contribution < -0.4 is 9.47 Å². The van der Waals surface area contributed by atoms with Gasteiger partial charge in [-0.1, -0.05) is 36.9 Å². The Balaban J connectivity index is 1.79. The molecule has 3 aromatic carbocycles. The molecule has 0 radical (unpaired) electrons. The molecule has 0 aliphatic carbocycles. The van der Waals surface area contributed by atoms with E-state index in [1.165, 1.54) is 6.08 Å². The number of hydrogen-bond donors (Lipinski definition) is 0. The summed E-state index contributed by atoms with van der Waals surface area (Å²) in [6.07, 6.45) is 1.71. The second kappa shape index (κ2) is 9.54. The van der Waals surface area contributed by atoms with Crippen molar-refractivity contribution in [2.24, 2.45) is 0 Å². The molecule has 0 aromatic heterocycles. The van der Waals surface area contributed by atoms with E-state index in [2.05, 4.69) is 43.0 Å². The van der Waals surface area contributed by atoms with Crippen LogP contribution in [0.2, 0.25) is 0 Å². The van der Waals surface area contributed by atoms with E-state index >= 15 is 0 Å². The predicted molar refractivity (Wildman–Crippen MR) is 139 cm³/mol. The zero-order chi connectivity index (χ0) is 25.1. The number of ether oxygens (including phenoxy) is 3. The van der Waals surface area contributed by atoms with Gasteiger partial charge in [0.25, 0.3) is 0 Å². The van der Waals surface area contributed by atoms with E-state index in [9.17, 15) is 4.79 Å². The fourth-order valence-corrected chi connectivity index (χ4v) is 4.29. The number of carbonyl (C=O) groups is 1. The molecule has 0 N–H and O–H groups in total. The Hall–Kier alpha value is -3.27. The summed E-state index contributed by atoms with van der Waals surface area (Å²) in [4.78, 5) is 11.7. The van der Waals surface area contributed by atoms with Crippen molar-refractivity contribution in [3.05, 3.63) is 73.3 Å². The fourth-order valence-electron chi connectivity index (χ4n) is 4.29. The molecular weight excluding hydrogens is 424 g/mol. The third-order valence-corrected chi connectivity index (χ3v) is 5.19. The van der Waals surface area contributed by atoms with Crippen molar-refractivity contribution in [1.29, 1.82) is 0 Å². The average molecular weight is 461 g/mol. The first-order valence-electron chi connectivity index (χ1n) is 11.6. The average Bonchev–Trinajstić information content (AvgIpc) is 2.70. The van der Waals surface area contributed by atoms with Crippen LogP contribution in [0.25, 0.3) is 21.9 Å². The lowest BCUT2D eigenvalue weighted by atomic mass is 9.92. The first-order chi connectivity index (χ1) is 15.8. The molecule has 0 aliphatic rings. The van der Waals surface area contributed by atoms with Gasteiger partial charge in [-0.05, 0) is 101 Å². The highest BCUT2D eigenvalue weighted by Gasteiger charge is 2.33. The number of fused-ring (bicyclic) bond motifs is 1. The van der Waals surface area contributed by atoms with Crippen LogP contribution in [0.15, 0.2) is 73.3 Å². The molecule has 0 bridgehead atoms. The van der Waals surface area contributed by atoms with Crippen molar-refractivity contribution < 1.29 is 19.0 Å². The topological polar surface area (TPSA) is 44.8 Å². The van der Waals surface area contributed by atoms with Crippen LogP contribution in [0.3, 0.4) is 0 Å². The van der Waals surface area contributed by atoms with Gasteiger partial charge in [-0.15, -0.1) is 0 Å². The highest BCUT2D eigenvalue weighted by atomic mass is 16.6. The molecule has 0 fully saturated rings. The van der Waals surface area contributed by atoms with Crippen LogP contribution in [0.1, 0.15) is 54.9 Å². The Labute approximate surface area is 203 Å². The molecule has 0 heterocycles.